The van der Waals surface area contributed by atoms with Crippen LogP contribution in [0.2, 0.25) is 0 Å². The lowest BCUT2D eigenvalue weighted by atomic mass is 10.0. The summed E-state index contributed by atoms with van der Waals surface area (Å²) in [5.74, 6) is 1.16. The number of nitrogens with zero attached hydrogens (tertiary/aromatic N) is 6. The minimum atomic E-state index is 0.466. The topological polar surface area (TPSA) is 181 Å². The molecule has 0 saturated heterocycles. The van der Waals surface area contributed by atoms with E-state index >= 15 is 0 Å². The van der Waals surface area contributed by atoms with Gasteiger partial charge in [0.1, 0.15) is 6.33 Å². The van der Waals surface area contributed by atoms with Crippen LogP contribution in [0.4, 0.5) is 0 Å². The number of aromatic nitrogens is 6. The maximum atomic E-state index is 5.81. The molecule has 0 saturated carbocycles. The first-order valence-corrected chi connectivity index (χ1v) is 10.9. The van der Waals surface area contributed by atoms with E-state index in [0.29, 0.717) is 63.5 Å². The molecule has 0 aliphatic rings. The Morgan fingerprint density at radius 3 is 1.47 bits per heavy atom. The summed E-state index contributed by atoms with van der Waals surface area (Å²) in [5, 5.41) is 0. The highest BCUT2D eigenvalue weighted by atomic mass is 15.0. The average molecular weight is 437 g/mol. The highest BCUT2D eigenvalue weighted by molar-refractivity contribution is 5.67. The zero-order chi connectivity index (χ0) is 23.1. The fraction of sp³-hybridized carbons (Fsp3) is 0.455. The lowest BCUT2D eigenvalue weighted by Crippen LogP contribution is -2.14. The van der Waals surface area contributed by atoms with Gasteiger partial charge < -0.3 is 22.9 Å². The molecule has 170 valence electrons. The molecule has 0 aromatic carbocycles. The van der Waals surface area contributed by atoms with Gasteiger partial charge in [-0.15, -0.1) is 0 Å². The first kappa shape index (κ1) is 23.7. The monoisotopic (exact) mass is 436 g/mol. The van der Waals surface area contributed by atoms with Gasteiger partial charge >= 0.3 is 0 Å². The van der Waals surface area contributed by atoms with Crippen molar-refractivity contribution in [3.8, 4) is 22.8 Å². The van der Waals surface area contributed by atoms with Gasteiger partial charge in [-0.05, 0) is 46.1 Å². The number of nitrogens with two attached hydrogens (primary N) is 4. The van der Waals surface area contributed by atoms with Crippen molar-refractivity contribution < 1.29 is 0 Å². The largest absolute Gasteiger partial charge is 0.330 e. The summed E-state index contributed by atoms with van der Waals surface area (Å²) in [4.78, 5) is 27.9. The molecule has 3 rings (SSSR count). The summed E-state index contributed by atoms with van der Waals surface area (Å²) in [6.07, 6.45) is 4.08. The molecule has 3 heterocycles. The number of hydrogen-bond donors (Lipinski definition) is 4. The van der Waals surface area contributed by atoms with Gasteiger partial charge in [0.05, 0.1) is 33.9 Å². The Balaban J connectivity index is 2.15. The van der Waals surface area contributed by atoms with E-state index in [0.717, 1.165) is 45.3 Å². The third-order valence-electron chi connectivity index (χ3n) is 5.12. The molecular weight excluding hydrogens is 404 g/mol. The molecule has 3 aromatic heterocycles. The predicted molar refractivity (Wildman–Crippen MR) is 125 cm³/mol. The zero-order valence-corrected chi connectivity index (χ0v) is 18.8. The molecule has 0 unspecified atom stereocenters. The van der Waals surface area contributed by atoms with Gasteiger partial charge in [-0.25, -0.2) is 29.9 Å². The van der Waals surface area contributed by atoms with Crippen LogP contribution in [0.15, 0.2) is 12.4 Å². The molecule has 0 spiro atoms. The zero-order valence-electron chi connectivity index (χ0n) is 18.8. The smallest absolute Gasteiger partial charge is 0.163 e. The van der Waals surface area contributed by atoms with Gasteiger partial charge in [-0.2, -0.15) is 0 Å². The Labute approximate surface area is 188 Å². The lowest BCUT2D eigenvalue weighted by Gasteiger charge is -2.15. The van der Waals surface area contributed by atoms with Crippen LogP contribution in [-0.2, 0) is 25.7 Å². The van der Waals surface area contributed by atoms with Crippen molar-refractivity contribution in [3.63, 3.8) is 0 Å². The summed E-state index contributed by atoms with van der Waals surface area (Å²) < 4.78 is 0. The van der Waals surface area contributed by atoms with E-state index in [2.05, 4.69) is 9.97 Å². The van der Waals surface area contributed by atoms with Crippen LogP contribution in [0, 0.1) is 13.8 Å². The molecule has 0 aliphatic heterocycles. The van der Waals surface area contributed by atoms with Gasteiger partial charge in [-0.3, -0.25) is 0 Å². The van der Waals surface area contributed by atoms with Gasteiger partial charge in [-0.1, -0.05) is 0 Å². The Kier molecular flexibility index (Phi) is 8.23. The molecule has 0 amide bonds. The molecule has 10 nitrogen and oxygen atoms in total. The van der Waals surface area contributed by atoms with E-state index in [1.165, 1.54) is 0 Å². The normalized spacial score (nSPS) is 11.2. The van der Waals surface area contributed by atoms with Crippen molar-refractivity contribution in [1.29, 1.82) is 0 Å². The summed E-state index contributed by atoms with van der Waals surface area (Å²) in [6.45, 7) is 5.82. The standard InChI is InChI=1S/C22H32N10/c1-13-19(21-31-15(3-7-23)11-16(32-21)4-8-24)14(2)30-22(29-13)20-17(5-9-25)27-12-28-18(20)6-10-26/h11-12H,3-10,23-26H2,1-2H3. The second kappa shape index (κ2) is 11.1. The fourth-order valence-corrected chi connectivity index (χ4v) is 3.74. The molecule has 10 heteroatoms. The van der Waals surface area contributed by atoms with Crippen molar-refractivity contribution in [2.75, 3.05) is 26.2 Å². The van der Waals surface area contributed by atoms with Gasteiger partial charge in [0.15, 0.2) is 11.6 Å². The van der Waals surface area contributed by atoms with Crippen molar-refractivity contribution in [2.24, 2.45) is 22.9 Å². The predicted octanol–water partition coefficient (Wildman–Crippen LogP) is 0.0122. The van der Waals surface area contributed by atoms with Crippen molar-refractivity contribution in [1.82, 2.24) is 29.9 Å². The summed E-state index contributed by atoms with van der Waals surface area (Å²) in [7, 11) is 0. The molecule has 0 fully saturated rings. The Morgan fingerprint density at radius 1 is 0.594 bits per heavy atom. The van der Waals surface area contributed by atoms with Crippen molar-refractivity contribution in [2.45, 2.75) is 39.5 Å². The Bertz CT molecular complexity index is 995. The number of hydrogen-bond acceptors (Lipinski definition) is 10. The van der Waals surface area contributed by atoms with E-state index in [1.807, 2.05) is 19.9 Å². The Hall–Kier alpha value is -2.92. The minimum absolute atomic E-state index is 0.466. The quantitative estimate of drug-likeness (QED) is 0.338. The van der Waals surface area contributed by atoms with Crippen molar-refractivity contribution in [3.05, 3.63) is 46.6 Å². The molecule has 3 aromatic rings. The second-order valence-electron chi connectivity index (χ2n) is 7.56. The van der Waals surface area contributed by atoms with Gasteiger partial charge in [0, 0.05) is 37.1 Å². The number of rotatable bonds is 10. The maximum absolute atomic E-state index is 5.81. The van der Waals surface area contributed by atoms with Crippen LogP contribution < -0.4 is 22.9 Å². The van der Waals surface area contributed by atoms with Crippen LogP contribution in [-0.4, -0.2) is 56.1 Å². The third-order valence-corrected chi connectivity index (χ3v) is 5.12. The van der Waals surface area contributed by atoms with Crippen LogP contribution in [0.25, 0.3) is 22.8 Å². The molecule has 8 N–H and O–H groups in total. The summed E-state index contributed by atoms with van der Waals surface area (Å²) in [5.41, 5.74) is 29.7. The van der Waals surface area contributed by atoms with Crippen LogP contribution >= 0.6 is 0 Å². The Morgan fingerprint density at radius 2 is 1.03 bits per heavy atom. The first-order chi connectivity index (χ1) is 15.5. The van der Waals surface area contributed by atoms with Crippen LogP contribution in [0.5, 0.6) is 0 Å². The molecule has 32 heavy (non-hydrogen) atoms. The van der Waals surface area contributed by atoms with E-state index < -0.39 is 0 Å². The van der Waals surface area contributed by atoms with Crippen LogP contribution in [0.3, 0.4) is 0 Å². The van der Waals surface area contributed by atoms with E-state index in [4.69, 9.17) is 42.9 Å². The van der Waals surface area contributed by atoms with Crippen molar-refractivity contribution >= 4 is 0 Å². The van der Waals surface area contributed by atoms with E-state index in [9.17, 15) is 0 Å². The van der Waals surface area contributed by atoms with E-state index in [1.54, 1.807) is 6.33 Å². The van der Waals surface area contributed by atoms with Crippen LogP contribution in [0.1, 0.15) is 34.2 Å². The van der Waals surface area contributed by atoms with Gasteiger partial charge in [0.2, 0.25) is 0 Å². The molecule has 0 aliphatic carbocycles. The average Bonchev–Trinajstić information content (AvgIpc) is 2.74. The summed E-state index contributed by atoms with van der Waals surface area (Å²) >= 11 is 0. The third kappa shape index (κ3) is 5.28. The second-order valence-corrected chi connectivity index (χ2v) is 7.56. The van der Waals surface area contributed by atoms with E-state index in [-0.39, 0.29) is 0 Å². The highest BCUT2D eigenvalue weighted by Gasteiger charge is 2.20. The molecule has 0 bridgehead atoms. The first-order valence-electron chi connectivity index (χ1n) is 10.9. The molecule has 0 atom stereocenters. The SMILES string of the molecule is Cc1nc(-c2c(CCN)ncnc2CCN)nc(C)c1-c1nc(CCN)cc(CCN)n1. The molecule has 0 radical (unpaired) electrons. The summed E-state index contributed by atoms with van der Waals surface area (Å²) in [6, 6.07) is 1.96. The van der Waals surface area contributed by atoms with Gasteiger partial charge in [0.25, 0.3) is 0 Å². The highest BCUT2D eigenvalue weighted by Crippen LogP contribution is 2.28. The molecular formula is C22H32N10. The number of aryl methyl sites for hydroxylation is 2. The maximum Gasteiger partial charge on any atom is 0.163 e. The minimum Gasteiger partial charge on any atom is -0.330 e. The fourth-order valence-electron chi connectivity index (χ4n) is 3.74. The lowest BCUT2D eigenvalue weighted by molar-refractivity contribution is 0.856.